The summed E-state index contributed by atoms with van der Waals surface area (Å²) in [6.45, 7) is 0.433. The van der Waals surface area contributed by atoms with Gasteiger partial charge in [0.25, 0.3) is 0 Å². The third-order valence-corrected chi connectivity index (χ3v) is 4.09. The number of rotatable bonds is 2. The lowest BCUT2D eigenvalue weighted by Crippen LogP contribution is -1.94. The van der Waals surface area contributed by atoms with Crippen LogP contribution in [0.15, 0.2) is 17.5 Å². The maximum atomic E-state index is 5.96. The van der Waals surface area contributed by atoms with E-state index < -0.39 is 0 Å². The second kappa shape index (κ2) is 4.51. The van der Waals surface area contributed by atoms with Gasteiger partial charge < -0.3 is 10.7 Å². The van der Waals surface area contributed by atoms with Gasteiger partial charge in [-0.15, -0.1) is 11.3 Å². The summed E-state index contributed by atoms with van der Waals surface area (Å²) in [7, 11) is 0. The fourth-order valence-electron chi connectivity index (χ4n) is 1.64. The Kier molecular flexibility index (Phi) is 2.99. The van der Waals surface area contributed by atoms with E-state index in [0.717, 1.165) is 21.7 Å². The molecule has 0 amide bonds. The number of aromatic nitrogens is 3. The molecular weight excluding hydrogens is 291 g/mol. The molecule has 0 unspecified atom stereocenters. The topological polar surface area (TPSA) is 67.6 Å². The summed E-state index contributed by atoms with van der Waals surface area (Å²) in [4.78, 5) is 12.0. The third kappa shape index (κ3) is 1.99. The molecule has 0 saturated heterocycles. The van der Waals surface area contributed by atoms with Crippen molar-refractivity contribution in [3.63, 3.8) is 0 Å². The second-order valence-corrected chi connectivity index (χ2v) is 5.46. The van der Waals surface area contributed by atoms with E-state index in [0.29, 0.717) is 22.4 Å². The van der Waals surface area contributed by atoms with Gasteiger partial charge in [-0.1, -0.05) is 23.2 Å². The van der Waals surface area contributed by atoms with Crippen molar-refractivity contribution in [3.8, 4) is 11.5 Å². The molecule has 3 aromatic rings. The molecule has 92 valence electrons. The molecule has 0 aliphatic carbocycles. The Morgan fingerprint density at radius 1 is 1.22 bits per heavy atom. The van der Waals surface area contributed by atoms with E-state index in [9.17, 15) is 0 Å². The van der Waals surface area contributed by atoms with Crippen LogP contribution in [-0.4, -0.2) is 15.0 Å². The highest BCUT2D eigenvalue weighted by Gasteiger charge is 2.10. The number of hydrogen-bond donors (Lipinski definition) is 2. The van der Waals surface area contributed by atoms with Gasteiger partial charge in [0.05, 0.1) is 21.1 Å². The van der Waals surface area contributed by atoms with Gasteiger partial charge in [0.2, 0.25) is 0 Å². The average Bonchev–Trinajstić information content (AvgIpc) is 2.95. The van der Waals surface area contributed by atoms with Crippen molar-refractivity contribution in [3.05, 3.63) is 32.6 Å². The average molecular weight is 299 g/mol. The zero-order chi connectivity index (χ0) is 12.7. The molecule has 18 heavy (non-hydrogen) atoms. The maximum Gasteiger partial charge on any atom is 0.158 e. The lowest BCUT2D eigenvalue weighted by molar-refractivity contribution is 1.04. The molecule has 0 aliphatic rings. The minimum absolute atomic E-state index is 0.433. The van der Waals surface area contributed by atoms with Crippen molar-refractivity contribution in [1.82, 2.24) is 15.0 Å². The van der Waals surface area contributed by atoms with Crippen LogP contribution in [0.3, 0.4) is 0 Å². The van der Waals surface area contributed by atoms with Crippen molar-refractivity contribution < 1.29 is 0 Å². The first-order valence-electron chi connectivity index (χ1n) is 5.17. The summed E-state index contributed by atoms with van der Waals surface area (Å²) >= 11 is 13.4. The van der Waals surface area contributed by atoms with Crippen LogP contribution in [-0.2, 0) is 6.54 Å². The van der Waals surface area contributed by atoms with Crippen LogP contribution in [0.25, 0.3) is 22.6 Å². The number of nitrogens with two attached hydrogens (primary N) is 1. The van der Waals surface area contributed by atoms with Gasteiger partial charge >= 0.3 is 0 Å². The molecule has 7 heteroatoms. The second-order valence-electron chi connectivity index (χ2n) is 3.70. The SMILES string of the molecule is NCc1nc(-c2nc3cc(Cl)c(Cl)cc3[nH]2)cs1. The highest BCUT2D eigenvalue weighted by atomic mass is 35.5. The zero-order valence-corrected chi connectivity index (χ0v) is 11.4. The Labute approximate surface area is 117 Å². The number of nitrogens with one attached hydrogen (secondary N) is 1. The first-order chi connectivity index (χ1) is 8.67. The number of aromatic amines is 1. The summed E-state index contributed by atoms with van der Waals surface area (Å²) in [5.41, 5.74) is 7.92. The molecule has 3 N–H and O–H groups in total. The van der Waals surface area contributed by atoms with E-state index in [-0.39, 0.29) is 0 Å². The largest absolute Gasteiger partial charge is 0.337 e. The number of halogens is 2. The standard InChI is InChI=1S/C11H8Cl2N4S/c12-5-1-7-8(2-6(5)13)17-11(16-7)9-4-18-10(3-14)15-9/h1-2,4H,3,14H2,(H,16,17). The van der Waals surface area contributed by atoms with Crippen LogP contribution in [0.1, 0.15) is 5.01 Å². The quantitative estimate of drug-likeness (QED) is 0.761. The van der Waals surface area contributed by atoms with Crippen molar-refractivity contribution >= 4 is 45.6 Å². The van der Waals surface area contributed by atoms with Crippen LogP contribution in [0, 0.1) is 0 Å². The van der Waals surface area contributed by atoms with Crippen LogP contribution in [0.4, 0.5) is 0 Å². The number of nitrogens with zero attached hydrogens (tertiary/aromatic N) is 2. The number of benzene rings is 1. The lowest BCUT2D eigenvalue weighted by atomic mass is 10.3. The number of thiazole rings is 1. The van der Waals surface area contributed by atoms with Gasteiger partial charge in [-0.25, -0.2) is 9.97 Å². The van der Waals surface area contributed by atoms with Crippen LogP contribution in [0.2, 0.25) is 10.0 Å². The van der Waals surface area contributed by atoms with E-state index >= 15 is 0 Å². The van der Waals surface area contributed by atoms with Gasteiger partial charge in [0.1, 0.15) is 10.7 Å². The fraction of sp³-hybridized carbons (Fsp3) is 0.0909. The molecule has 0 radical (unpaired) electrons. The van der Waals surface area contributed by atoms with Crippen molar-refractivity contribution in [2.24, 2.45) is 5.73 Å². The Balaban J connectivity index is 2.13. The highest BCUT2D eigenvalue weighted by molar-refractivity contribution is 7.09. The highest BCUT2D eigenvalue weighted by Crippen LogP contribution is 2.29. The summed E-state index contributed by atoms with van der Waals surface area (Å²) in [6.07, 6.45) is 0. The van der Waals surface area contributed by atoms with Crippen LogP contribution in [0.5, 0.6) is 0 Å². The van der Waals surface area contributed by atoms with Crippen molar-refractivity contribution in [2.75, 3.05) is 0 Å². The summed E-state index contributed by atoms with van der Waals surface area (Å²) in [6, 6.07) is 3.49. The van der Waals surface area contributed by atoms with Gasteiger partial charge in [0.15, 0.2) is 5.82 Å². The number of hydrogen-bond acceptors (Lipinski definition) is 4. The predicted octanol–water partition coefficient (Wildman–Crippen LogP) is 3.45. The van der Waals surface area contributed by atoms with Crippen molar-refractivity contribution in [1.29, 1.82) is 0 Å². The van der Waals surface area contributed by atoms with Crippen LogP contribution < -0.4 is 5.73 Å². The molecule has 0 bridgehead atoms. The molecule has 0 aliphatic heterocycles. The number of fused-ring (bicyclic) bond motifs is 1. The zero-order valence-electron chi connectivity index (χ0n) is 9.08. The molecular formula is C11H8Cl2N4S. The molecule has 1 aromatic carbocycles. The smallest absolute Gasteiger partial charge is 0.158 e. The van der Waals surface area contributed by atoms with Gasteiger partial charge in [-0.3, -0.25) is 0 Å². The summed E-state index contributed by atoms with van der Waals surface area (Å²) < 4.78 is 0. The minimum atomic E-state index is 0.433. The van der Waals surface area contributed by atoms with E-state index in [1.165, 1.54) is 11.3 Å². The summed E-state index contributed by atoms with van der Waals surface area (Å²) in [5.74, 6) is 0.694. The molecule has 0 fully saturated rings. The molecule has 2 heterocycles. The third-order valence-electron chi connectivity index (χ3n) is 2.49. The molecule has 0 saturated carbocycles. The Bertz CT molecular complexity index is 680. The van der Waals surface area contributed by atoms with Gasteiger partial charge in [-0.2, -0.15) is 0 Å². The molecule has 4 nitrogen and oxygen atoms in total. The molecule has 0 spiro atoms. The predicted molar refractivity (Wildman–Crippen MR) is 75.1 cm³/mol. The van der Waals surface area contributed by atoms with E-state index in [2.05, 4.69) is 15.0 Å². The first-order valence-corrected chi connectivity index (χ1v) is 6.80. The van der Waals surface area contributed by atoms with E-state index in [4.69, 9.17) is 28.9 Å². The van der Waals surface area contributed by atoms with E-state index in [1.807, 2.05) is 5.38 Å². The Morgan fingerprint density at radius 2 is 2.00 bits per heavy atom. The Hall–Kier alpha value is -1.14. The molecule has 3 rings (SSSR count). The molecule has 0 atom stereocenters. The fourth-order valence-corrected chi connectivity index (χ4v) is 2.62. The lowest BCUT2D eigenvalue weighted by Gasteiger charge is -1.93. The number of H-pyrrole nitrogens is 1. The van der Waals surface area contributed by atoms with Gasteiger partial charge in [-0.05, 0) is 12.1 Å². The monoisotopic (exact) mass is 298 g/mol. The normalized spacial score (nSPS) is 11.3. The van der Waals surface area contributed by atoms with Crippen LogP contribution >= 0.6 is 34.5 Å². The van der Waals surface area contributed by atoms with E-state index in [1.54, 1.807) is 12.1 Å². The Morgan fingerprint density at radius 3 is 2.72 bits per heavy atom. The van der Waals surface area contributed by atoms with Gasteiger partial charge in [0, 0.05) is 11.9 Å². The minimum Gasteiger partial charge on any atom is -0.337 e. The maximum absolute atomic E-state index is 5.96. The molecule has 2 aromatic heterocycles. The first kappa shape index (κ1) is 11.9. The summed E-state index contributed by atoms with van der Waals surface area (Å²) in [5, 5.41) is 3.79. The number of imidazole rings is 1. The van der Waals surface area contributed by atoms with Crippen molar-refractivity contribution in [2.45, 2.75) is 6.54 Å².